The predicted molar refractivity (Wildman–Crippen MR) is 82.2 cm³/mol. The Morgan fingerprint density at radius 3 is 2.14 bits per heavy atom. The van der Waals surface area contributed by atoms with Crippen LogP contribution in [-0.2, 0) is 0 Å². The van der Waals surface area contributed by atoms with Crippen LogP contribution >= 0.6 is 0 Å². The molecule has 0 radical (unpaired) electrons. The summed E-state index contributed by atoms with van der Waals surface area (Å²) >= 11 is 0. The molecule has 0 aliphatic rings. The molecule has 5 nitrogen and oxygen atoms in total. The van der Waals surface area contributed by atoms with Gasteiger partial charge in [-0.1, -0.05) is 18.2 Å². The number of hydrogen-bond donors (Lipinski definition) is 0. The molecule has 0 aromatic heterocycles. The molecule has 5 heteroatoms. The molecule has 0 atom stereocenters. The van der Waals surface area contributed by atoms with Crippen molar-refractivity contribution in [2.45, 2.75) is 0 Å². The van der Waals surface area contributed by atoms with Gasteiger partial charge in [0.1, 0.15) is 7.05 Å². The van der Waals surface area contributed by atoms with Crippen molar-refractivity contribution in [3.63, 3.8) is 0 Å². The maximum absolute atomic E-state index is 11.6. The average Bonchev–Trinajstić information content (AvgIpc) is 2.48. The minimum Gasteiger partial charge on any atom is -0.624 e. The van der Waals surface area contributed by atoms with Gasteiger partial charge in [0.05, 0.1) is 4.92 Å². The van der Waals surface area contributed by atoms with Crippen LogP contribution in [0.15, 0.2) is 60.7 Å². The van der Waals surface area contributed by atoms with Gasteiger partial charge in [-0.2, -0.15) is 0 Å². The van der Waals surface area contributed by atoms with Gasteiger partial charge in [0, 0.05) is 23.8 Å². The quantitative estimate of drug-likeness (QED) is 0.284. The normalized spacial score (nSPS) is 12.2. The molecule has 0 unspecified atom stereocenters. The van der Waals surface area contributed by atoms with Crippen LogP contribution in [0.5, 0.6) is 0 Å². The Balaban J connectivity index is 2.26. The fraction of sp³-hybridized carbons (Fsp3) is 0.0625. The second kappa shape index (κ2) is 6.47. The highest BCUT2D eigenvalue weighted by atomic mass is 16.6. The number of nitro benzene ring substituents is 1. The molecule has 106 valence electrons. The molecule has 0 aliphatic heterocycles. The maximum atomic E-state index is 11.6. The van der Waals surface area contributed by atoms with Crippen molar-refractivity contribution in [1.29, 1.82) is 0 Å². The van der Waals surface area contributed by atoms with Crippen LogP contribution in [0, 0.1) is 15.3 Å². The lowest BCUT2D eigenvalue weighted by atomic mass is 10.1. The van der Waals surface area contributed by atoms with Crippen molar-refractivity contribution < 1.29 is 9.66 Å². The second-order valence-electron chi connectivity index (χ2n) is 4.43. The number of hydrogen-bond acceptors (Lipinski definition) is 3. The number of rotatable bonds is 4. The Morgan fingerprint density at radius 1 is 1.00 bits per heavy atom. The topological polar surface area (TPSA) is 69.2 Å². The van der Waals surface area contributed by atoms with Crippen LogP contribution in [0.2, 0.25) is 0 Å². The van der Waals surface area contributed by atoms with E-state index in [2.05, 4.69) is 0 Å². The Kier molecular flexibility index (Phi) is 4.46. The van der Waals surface area contributed by atoms with Crippen molar-refractivity contribution in [2.75, 3.05) is 7.05 Å². The van der Waals surface area contributed by atoms with Gasteiger partial charge in [0.2, 0.25) is 5.71 Å². The lowest BCUT2D eigenvalue weighted by Gasteiger charge is -2.03. The molecular formula is C16H14N2O3. The summed E-state index contributed by atoms with van der Waals surface area (Å²) in [6, 6.07) is 15.5. The molecule has 0 amide bonds. The van der Waals surface area contributed by atoms with E-state index in [0.29, 0.717) is 5.71 Å². The first-order valence-electron chi connectivity index (χ1n) is 6.33. The summed E-state index contributed by atoms with van der Waals surface area (Å²) in [6.45, 7) is 0. The zero-order valence-corrected chi connectivity index (χ0v) is 11.5. The summed E-state index contributed by atoms with van der Waals surface area (Å²) in [6.07, 6.45) is 3.45. The molecule has 0 fully saturated rings. The van der Waals surface area contributed by atoms with Gasteiger partial charge in [-0.3, -0.25) is 10.1 Å². The van der Waals surface area contributed by atoms with Crippen LogP contribution in [0.4, 0.5) is 5.69 Å². The molecular weight excluding hydrogens is 268 g/mol. The Bertz CT molecular complexity index is 685. The third-order valence-corrected chi connectivity index (χ3v) is 2.95. The second-order valence-corrected chi connectivity index (χ2v) is 4.43. The Morgan fingerprint density at radius 2 is 1.62 bits per heavy atom. The van der Waals surface area contributed by atoms with Gasteiger partial charge >= 0.3 is 0 Å². The van der Waals surface area contributed by atoms with E-state index in [1.165, 1.54) is 19.2 Å². The Hall–Kier alpha value is -2.95. The smallest absolute Gasteiger partial charge is 0.269 e. The summed E-state index contributed by atoms with van der Waals surface area (Å²) in [5.41, 5.74) is 2.17. The van der Waals surface area contributed by atoms with E-state index in [1.807, 2.05) is 30.3 Å². The molecule has 21 heavy (non-hydrogen) atoms. The van der Waals surface area contributed by atoms with Gasteiger partial charge in [-0.05, 0) is 35.9 Å². The minimum absolute atomic E-state index is 0.0420. The molecule has 2 rings (SSSR count). The molecule has 2 aromatic carbocycles. The lowest BCUT2D eigenvalue weighted by Crippen LogP contribution is -2.10. The average molecular weight is 282 g/mol. The first kappa shape index (κ1) is 14.5. The summed E-state index contributed by atoms with van der Waals surface area (Å²) in [5.74, 6) is 0. The third-order valence-electron chi connectivity index (χ3n) is 2.95. The number of nitro groups is 1. The number of non-ortho nitro benzene ring substituents is 1. The third kappa shape index (κ3) is 3.76. The molecule has 0 aliphatic carbocycles. The van der Waals surface area contributed by atoms with Crippen molar-refractivity contribution in [2.24, 2.45) is 0 Å². The van der Waals surface area contributed by atoms with Crippen LogP contribution in [0.1, 0.15) is 11.1 Å². The van der Waals surface area contributed by atoms with Crippen molar-refractivity contribution in [3.8, 4) is 0 Å². The maximum Gasteiger partial charge on any atom is 0.269 e. The van der Waals surface area contributed by atoms with E-state index in [1.54, 1.807) is 24.3 Å². The number of allylic oxidation sites excluding steroid dienone is 1. The van der Waals surface area contributed by atoms with Gasteiger partial charge in [0.25, 0.3) is 5.69 Å². The van der Waals surface area contributed by atoms with E-state index in [9.17, 15) is 15.3 Å². The van der Waals surface area contributed by atoms with Gasteiger partial charge in [0.15, 0.2) is 0 Å². The van der Waals surface area contributed by atoms with Crippen LogP contribution in [0.3, 0.4) is 0 Å². The number of hydroxylamine groups is 1. The fourth-order valence-electron chi connectivity index (χ4n) is 1.87. The van der Waals surface area contributed by atoms with Gasteiger partial charge < -0.3 is 5.21 Å². The first-order valence-corrected chi connectivity index (χ1v) is 6.33. The summed E-state index contributed by atoms with van der Waals surface area (Å²) < 4.78 is 0.789. The molecule has 0 N–H and O–H groups in total. The van der Waals surface area contributed by atoms with E-state index in [4.69, 9.17) is 0 Å². The number of nitrogens with zero attached hydrogens (tertiary/aromatic N) is 2. The van der Waals surface area contributed by atoms with E-state index < -0.39 is 4.92 Å². The zero-order chi connectivity index (χ0) is 15.2. The van der Waals surface area contributed by atoms with Gasteiger partial charge in [-0.15, -0.1) is 0 Å². The van der Waals surface area contributed by atoms with E-state index in [-0.39, 0.29) is 5.69 Å². The van der Waals surface area contributed by atoms with Crippen molar-refractivity contribution in [1.82, 2.24) is 0 Å². The van der Waals surface area contributed by atoms with Crippen LogP contribution < -0.4 is 0 Å². The van der Waals surface area contributed by atoms with Gasteiger partial charge in [-0.25, -0.2) is 4.74 Å². The summed E-state index contributed by atoms with van der Waals surface area (Å²) in [4.78, 5) is 10.1. The molecule has 0 bridgehead atoms. The number of benzene rings is 2. The first-order chi connectivity index (χ1) is 10.1. The summed E-state index contributed by atoms with van der Waals surface area (Å²) in [5, 5.41) is 22.2. The molecule has 0 saturated carbocycles. The van der Waals surface area contributed by atoms with E-state index in [0.717, 1.165) is 15.9 Å². The molecule has 2 aromatic rings. The van der Waals surface area contributed by atoms with E-state index >= 15 is 0 Å². The minimum atomic E-state index is -0.444. The van der Waals surface area contributed by atoms with Crippen molar-refractivity contribution in [3.05, 3.63) is 87.1 Å². The van der Waals surface area contributed by atoms with Crippen LogP contribution in [-0.4, -0.2) is 22.4 Å². The Labute approximate surface area is 122 Å². The SMILES string of the molecule is C/[N+]([O-])=C(\C=C\c1ccc([N+](=O)[O-])cc1)c1ccccc1. The highest BCUT2D eigenvalue weighted by Crippen LogP contribution is 2.13. The van der Waals surface area contributed by atoms with Crippen LogP contribution in [0.25, 0.3) is 6.08 Å². The highest BCUT2D eigenvalue weighted by Gasteiger charge is 2.07. The molecule has 0 spiro atoms. The zero-order valence-electron chi connectivity index (χ0n) is 11.5. The highest BCUT2D eigenvalue weighted by molar-refractivity contribution is 6.07. The predicted octanol–water partition coefficient (Wildman–Crippen LogP) is 3.24. The monoisotopic (exact) mass is 282 g/mol. The van der Waals surface area contributed by atoms with Crippen molar-refractivity contribution >= 4 is 17.5 Å². The largest absolute Gasteiger partial charge is 0.624 e. The lowest BCUT2D eigenvalue weighted by molar-refractivity contribution is -0.421. The summed E-state index contributed by atoms with van der Waals surface area (Å²) in [7, 11) is 1.43. The fourth-order valence-corrected chi connectivity index (χ4v) is 1.87. The molecule has 0 heterocycles. The standard InChI is InChI=1S/C16H14N2O3/c1-17(19)16(14-5-3-2-4-6-14)12-9-13-7-10-15(11-8-13)18(20)21/h2-12H,1H3/b12-9+,17-16-. The molecule has 0 saturated heterocycles.